The first-order valence-corrected chi connectivity index (χ1v) is 12.0. The summed E-state index contributed by atoms with van der Waals surface area (Å²) in [5, 5.41) is 16.1. The number of aryl methyl sites for hydroxylation is 1. The van der Waals surface area contributed by atoms with E-state index in [2.05, 4.69) is 63.6 Å². The van der Waals surface area contributed by atoms with Crippen molar-refractivity contribution in [1.82, 2.24) is 4.57 Å². The summed E-state index contributed by atoms with van der Waals surface area (Å²) in [6, 6.07) is 27.8. The number of benzene rings is 3. The van der Waals surface area contributed by atoms with Crippen molar-refractivity contribution < 1.29 is 9.90 Å². The van der Waals surface area contributed by atoms with Crippen molar-refractivity contribution in [2.24, 2.45) is 0 Å². The number of aliphatic hydroxyl groups is 1. The predicted octanol–water partition coefficient (Wildman–Crippen LogP) is 5.74. The minimum Gasteiger partial charge on any atom is -0.393 e. The first-order valence-electron chi connectivity index (χ1n) is 12.0. The molecule has 178 valence electrons. The molecule has 1 aromatic heterocycles. The van der Waals surface area contributed by atoms with E-state index in [1.807, 2.05) is 54.6 Å². The highest BCUT2D eigenvalue weighted by molar-refractivity contribution is 6.04. The third-order valence-corrected chi connectivity index (χ3v) is 6.49. The quantitative estimate of drug-likeness (QED) is 0.339. The van der Waals surface area contributed by atoms with Crippen molar-refractivity contribution in [3.63, 3.8) is 0 Å². The third kappa shape index (κ3) is 5.39. The van der Waals surface area contributed by atoms with Gasteiger partial charge in [-0.05, 0) is 105 Å². The van der Waals surface area contributed by atoms with Crippen LogP contribution in [0.25, 0.3) is 5.69 Å². The number of piperidine rings is 1. The minimum atomic E-state index is -0.196. The predicted molar refractivity (Wildman–Crippen MR) is 142 cm³/mol. The first kappa shape index (κ1) is 22.7. The standard InChI is InChI=1S/C29H30N4O2/c1-21-3-2-18-33(21)27-14-10-24(11-15-27)30-23-6-8-25(9-7-23)31-29(35)22-4-12-26(13-5-22)32-19-16-28(34)17-20-32/h2-15,18,28,30,34H,16-17,19-20H2,1H3,(H,31,35). The molecule has 0 unspecified atom stereocenters. The molecule has 1 aliphatic heterocycles. The van der Waals surface area contributed by atoms with Crippen LogP contribution < -0.4 is 15.5 Å². The van der Waals surface area contributed by atoms with Gasteiger partial charge in [0.2, 0.25) is 0 Å². The molecule has 3 N–H and O–H groups in total. The van der Waals surface area contributed by atoms with Crippen molar-refractivity contribution in [1.29, 1.82) is 0 Å². The number of amides is 1. The Balaban J connectivity index is 1.17. The number of hydrogen-bond acceptors (Lipinski definition) is 4. The maximum atomic E-state index is 12.7. The highest BCUT2D eigenvalue weighted by Gasteiger charge is 2.17. The van der Waals surface area contributed by atoms with E-state index in [-0.39, 0.29) is 12.0 Å². The molecule has 35 heavy (non-hydrogen) atoms. The van der Waals surface area contributed by atoms with Crippen LogP contribution in [0.4, 0.5) is 22.7 Å². The molecular weight excluding hydrogens is 436 g/mol. The number of aromatic nitrogens is 1. The van der Waals surface area contributed by atoms with Gasteiger partial charge in [0.05, 0.1) is 6.10 Å². The van der Waals surface area contributed by atoms with Crippen molar-refractivity contribution in [2.75, 3.05) is 28.6 Å². The highest BCUT2D eigenvalue weighted by Crippen LogP contribution is 2.23. The molecule has 6 nitrogen and oxygen atoms in total. The van der Waals surface area contributed by atoms with Crippen LogP contribution in [0.3, 0.4) is 0 Å². The fourth-order valence-corrected chi connectivity index (χ4v) is 4.42. The van der Waals surface area contributed by atoms with Crippen LogP contribution in [0.1, 0.15) is 28.9 Å². The number of anilines is 4. The normalized spacial score (nSPS) is 14.1. The number of carbonyl (C=O) groups excluding carboxylic acids is 1. The second-order valence-corrected chi connectivity index (χ2v) is 8.99. The fraction of sp³-hybridized carbons (Fsp3) is 0.207. The van der Waals surface area contributed by atoms with Gasteiger partial charge in [0.15, 0.2) is 0 Å². The second kappa shape index (κ2) is 10.1. The van der Waals surface area contributed by atoms with Gasteiger partial charge in [0.25, 0.3) is 5.91 Å². The highest BCUT2D eigenvalue weighted by atomic mass is 16.3. The average molecular weight is 467 g/mol. The number of carbonyl (C=O) groups is 1. The van der Waals surface area contributed by atoms with Gasteiger partial charge in [-0.25, -0.2) is 0 Å². The van der Waals surface area contributed by atoms with E-state index in [9.17, 15) is 9.90 Å². The zero-order chi connectivity index (χ0) is 24.2. The molecule has 0 saturated carbocycles. The second-order valence-electron chi connectivity index (χ2n) is 8.99. The first-order chi connectivity index (χ1) is 17.0. The maximum absolute atomic E-state index is 12.7. The van der Waals surface area contributed by atoms with Crippen LogP contribution in [-0.4, -0.2) is 34.8 Å². The summed E-state index contributed by atoms with van der Waals surface area (Å²) in [7, 11) is 0. The Bertz CT molecular complexity index is 1270. The summed E-state index contributed by atoms with van der Waals surface area (Å²) in [6.07, 6.45) is 3.43. The molecule has 0 aliphatic carbocycles. The SMILES string of the molecule is Cc1cccn1-c1ccc(Nc2ccc(NC(=O)c3ccc(N4CCC(O)CC4)cc3)cc2)cc1. The van der Waals surface area contributed by atoms with E-state index < -0.39 is 0 Å². The Kier molecular flexibility index (Phi) is 6.55. The molecule has 5 rings (SSSR count). The molecule has 0 bridgehead atoms. The van der Waals surface area contributed by atoms with E-state index in [0.29, 0.717) is 5.56 Å². The third-order valence-electron chi connectivity index (χ3n) is 6.49. The Morgan fingerprint density at radius 2 is 1.37 bits per heavy atom. The summed E-state index contributed by atoms with van der Waals surface area (Å²) in [5.41, 5.74) is 6.71. The zero-order valence-corrected chi connectivity index (χ0v) is 19.8. The molecule has 1 amide bonds. The molecule has 0 spiro atoms. The lowest BCUT2D eigenvalue weighted by Crippen LogP contribution is -2.35. The molecule has 1 fully saturated rings. The van der Waals surface area contributed by atoms with Crippen molar-refractivity contribution in [3.05, 3.63) is 102 Å². The lowest BCUT2D eigenvalue weighted by molar-refractivity contribution is 0.102. The maximum Gasteiger partial charge on any atom is 0.255 e. The largest absolute Gasteiger partial charge is 0.393 e. The van der Waals surface area contributed by atoms with Gasteiger partial charge in [-0.1, -0.05) is 0 Å². The van der Waals surface area contributed by atoms with E-state index in [0.717, 1.165) is 54.4 Å². The van der Waals surface area contributed by atoms with Crippen LogP contribution in [-0.2, 0) is 0 Å². The lowest BCUT2D eigenvalue weighted by Gasteiger charge is -2.31. The van der Waals surface area contributed by atoms with E-state index >= 15 is 0 Å². The van der Waals surface area contributed by atoms with E-state index in [4.69, 9.17) is 0 Å². The Morgan fingerprint density at radius 1 is 0.800 bits per heavy atom. The molecule has 3 aromatic carbocycles. The van der Waals surface area contributed by atoms with Gasteiger partial charge >= 0.3 is 0 Å². The molecule has 1 saturated heterocycles. The van der Waals surface area contributed by atoms with Crippen LogP contribution >= 0.6 is 0 Å². The van der Waals surface area contributed by atoms with Gasteiger partial charge in [-0.2, -0.15) is 0 Å². The molecule has 2 heterocycles. The Labute approximate surface area is 205 Å². The average Bonchev–Trinajstić information content (AvgIpc) is 3.32. The zero-order valence-electron chi connectivity index (χ0n) is 19.8. The van der Waals surface area contributed by atoms with Crippen LogP contribution in [0.2, 0.25) is 0 Å². The van der Waals surface area contributed by atoms with E-state index in [1.54, 1.807) is 0 Å². The van der Waals surface area contributed by atoms with Gasteiger partial charge in [-0.15, -0.1) is 0 Å². The summed E-state index contributed by atoms with van der Waals surface area (Å²) in [6.45, 7) is 3.76. The summed E-state index contributed by atoms with van der Waals surface area (Å²) in [4.78, 5) is 14.9. The van der Waals surface area contributed by atoms with E-state index in [1.165, 1.54) is 5.69 Å². The lowest BCUT2D eigenvalue weighted by atomic mass is 10.1. The number of aliphatic hydroxyl groups excluding tert-OH is 1. The van der Waals surface area contributed by atoms with Gasteiger partial charge in [0.1, 0.15) is 0 Å². The fourth-order valence-electron chi connectivity index (χ4n) is 4.42. The summed E-state index contributed by atoms with van der Waals surface area (Å²) >= 11 is 0. The van der Waals surface area contributed by atoms with Gasteiger partial charge < -0.3 is 25.2 Å². The number of hydrogen-bond donors (Lipinski definition) is 3. The van der Waals surface area contributed by atoms with Crippen molar-refractivity contribution >= 4 is 28.7 Å². The summed E-state index contributed by atoms with van der Waals surface area (Å²) < 4.78 is 2.15. The molecule has 4 aromatic rings. The number of rotatable bonds is 6. The monoisotopic (exact) mass is 466 g/mol. The number of nitrogens with one attached hydrogen (secondary N) is 2. The summed E-state index contributed by atoms with van der Waals surface area (Å²) in [5.74, 6) is -0.137. The minimum absolute atomic E-state index is 0.137. The van der Waals surface area contributed by atoms with Gasteiger partial charge in [0, 0.05) is 59.0 Å². The Hall–Kier alpha value is -4.03. The van der Waals surface area contributed by atoms with Crippen LogP contribution in [0.5, 0.6) is 0 Å². The van der Waals surface area contributed by atoms with Crippen molar-refractivity contribution in [3.8, 4) is 5.69 Å². The molecular formula is C29H30N4O2. The topological polar surface area (TPSA) is 69.5 Å². The van der Waals surface area contributed by atoms with Crippen LogP contribution in [0.15, 0.2) is 91.1 Å². The molecule has 0 atom stereocenters. The van der Waals surface area contributed by atoms with Crippen molar-refractivity contribution in [2.45, 2.75) is 25.9 Å². The van der Waals surface area contributed by atoms with Crippen LogP contribution in [0, 0.1) is 6.92 Å². The molecule has 6 heteroatoms. The van der Waals surface area contributed by atoms with Gasteiger partial charge in [-0.3, -0.25) is 4.79 Å². The molecule has 1 aliphatic rings. The smallest absolute Gasteiger partial charge is 0.255 e. The number of nitrogens with zero attached hydrogens (tertiary/aromatic N) is 2. The Morgan fingerprint density at radius 3 is 1.97 bits per heavy atom. The molecule has 0 radical (unpaired) electrons.